The standard InChI is InChI=1S/C8H15IO2/c1-7(2)6(9)8(3,10)4-5-11-7/h6,10H,4-5H2,1-3H3/t6-,8+/m0/s1. The summed E-state index contributed by atoms with van der Waals surface area (Å²) in [5.74, 6) is 0. The Bertz CT molecular complexity index is 138. The third-order valence-corrected chi connectivity index (χ3v) is 5.08. The molecule has 0 spiro atoms. The van der Waals surface area contributed by atoms with Crippen LogP contribution in [0.15, 0.2) is 0 Å². The van der Waals surface area contributed by atoms with E-state index in [1.165, 1.54) is 0 Å². The van der Waals surface area contributed by atoms with Gasteiger partial charge in [0.15, 0.2) is 0 Å². The maximum Gasteiger partial charge on any atom is 0.0786 e. The third-order valence-electron chi connectivity index (χ3n) is 2.24. The van der Waals surface area contributed by atoms with Crippen LogP contribution in [0.4, 0.5) is 0 Å². The fourth-order valence-corrected chi connectivity index (χ4v) is 1.96. The fourth-order valence-electron chi connectivity index (χ4n) is 1.47. The predicted molar refractivity (Wildman–Crippen MR) is 53.1 cm³/mol. The summed E-state index contributed by atoms with van der Waals surface area (Å²) < 4.78 is 5.71. The Morgan fingerprint density at radius 3 is 2.36 bits per heavy atom. The minimum atomic E-state index is -0.567. The highest BCUT2D eigenvalue weighted by molar-refractivity contribution is 14.1. The van der Waals surface area contributed by atoms with Gasteiger partial charge >= 0.3 is 0 Å². The average Bonchev–Trinajstić information content (AvgIpc) is 1.82. The molecule has 0 unspecified atom stereocenters. The minimum Gasteiger partial charge on any atom is -0.389 e. The van der Waals surface area contributed by atoms with Crippen molar-refractivity contribution in [1.29, 1.82) is 0 Å². The van der Waals surface area contributed by atoms with Gasteiger partial charge < -0.3 is 9.84 Å². The van der Waals surface area contributed by atoms with E-state index >= 15 is 0 Å². The smallest absolute Gasteiger partial charge is 0.0786 e. The normalized spacial score (nSPS) is 43.9. The lowest BCUT2D eigenvalue weighted by molar-refractivity contribution is -0.124. The van der Waals surface area contributed by atoms with E-state index in [4.69, 9.17) is 4.74 Å². The van der Waals surface area contributed by atoms with Gasteiger partial charge in [0.05, 0.1) is 21.7 Å². The Hall–Kier alpha value is 0.650. The molecule has 1 aliphatic rings. The molecule has 0 bridgehead atoms. The lowest BCUT2D eigenvalue weighted by atomic mass is 9.86. The Morgan fingerprint density at radius 2 is 2.00 bits per heavy atom. The quantitative estimate of drug-likeness (QED) is 0.536. The van der Waals surface area contributed by atoms with Crippen molar-refractivity contribution in [2.75, 3.05) is 6.61 Å². The van der Waals surface area contributed by atoms with Gasteiger partial charge in [-0.05, 0) is 20.8 Å². The minimum absolute atomic E-state index is 0.168. The summed E-state index contributed by atoms with van der Waals surface area (Å²) in [7, 11) is 0. The topological polar surface area (TPSA) is 29.5 Å². The molecular formula is C8H15IO2. The molecule has 1 heterocycles. The average molecular weight is 270 g/mol. The second kappa shape index (κ2) is 2.85. The third kappa shape index (κ3) is 1.87. The first-order chi connectivity index (χ1) is 4.86. The van der Waals surface area contributed by atoms with Crippen molar-refractivity contribution >= 4 is 22.6 Å². The second-order valence-corrected chi connectivity index (χ2v) is 5.17. The van der Waals surface area contributed by atoms with Gasteiger partial charge in [-0.3, -0.25) is 0 Å². The van der Waals surface area contributed by atoms with Crippen molar-refractivity contribution in [2.45, 2.75) is 42.3 Å². The van der Waals surface area contributed by atoms with E-state index in [2.05, 4.69) is 22.6 Å². The zero-order chi connectivity index (χ0) is 8.70. The first-order valence-electron chi connectivity index (χ1n) is 3.87. The summed E-state index contributed by atoms with van der Waals surface area (Å²) in [6, 6.07) is 0. The van der Waals surface area contributed by atoms with E-state index < -0.39 is 5.60 Å². The highest BCUT2D eigenvalue weighted by atomic mass is 127. The van der Waals surface area contributed by atoms with Gasteiger partial charge in [-0.1, -0.05) is 22.6 Å². The predicted octanol–water partition coefficient (Wildman–Crippen LogP) is 1.74. The number of rotatable bonds is 0. The zero-order valence-electron chi connectivity index (χ0n) is 7.22. The van der Waals surface area contributed by atoms with E-state index in [9.17, 15) is 5.11 Å². The van der Waals surface area contributed by atoms with Gasteiger partial charge in [0, 0.05) is 6.42 Å². The molecule has 0 aromatic heterocycles. The lowest BCUT2D eigenvalue weighted by Gasteiger charge is -2.44. The molecule has 1 aliphatic heterocycles. The maximum atomic E-state index is 9.89. The Morgan fingerprint density at radius 1 is 1.45 bits per heavy atom. The van der Waals surface area contributed by atoms with Crippen LogP contribution in [0.5, 0.6) is 0 Å². The molecule has 1 fully saturated rings. The Labute approximate surface area is 81.5 Å². The van der Waals surface area contributed by atoms with Gasteiger partial charge in [0.25, 0.3) is 0 Å². The molecular weight excluding hydrogens is 255 g/mol. The summed E-state index contributed by atoms with van der Waals surface area (Å²) in [6.45, 7) is 6.60. The van der Waals surface area contributed by atoms with Crippen LogP contribution >= 0.6 is 22.6 Å². The number of ether oxygens (including phenoxy) is 1. The van der Waals surface area contributed by atoms with E-state index in [0.717, 1.165) is 6.42 Å². The van der Waals surface area contributed by atoms with Gasteiger partial charge in [0.1, 0.15) is 0 Å². The summed E-state index contributed by atoms with van der Waals surface area (Å²) in [5, 5.41) is 9.89. The van der Waals surface area contributed by atoms with Crippen LogP contribution in [0.1, 0.15) is 27.2 Å². The highest BCUT2D eigenvalue weighted by Crippen LogP contribution is 2.37. The first kappa shape index (κ1) is 9.74. The van der Waals surface area contributed by atoms with E-state index in [-0.39, 0.29) is 9.53 Å². The molecule has 66 valence electrons. The number of alkyl halides is 1. The van der Waals surface area contributed by atoms with Crippen LogP contribution in [0.3, 0.4) is 0 Å². The van der Waals surface area contributed by atoms with Crippen LogP contribution in [0.25, 0.3) is 0 Å². The number of aliphatic hydroxyl groups is 1. The monoisotopic (exact) mass is 270 g/mol. The molecule has 0 radical (unpaired) electrons. The van der Waals surface area contributed by atoms with Crippen molar-refractivity contribution in [3.8, 4) is 0 Å². The van der Waals surface area contributed by atoms with Crippen LogP contribution in [-0.4, -0.2) is 26.8 Å². The summed E-state index contributed by atoms with van der Waals surface area (Å²) >= 11 is 2.27. The highest BCUT2D eigenvalue weighted by Gasteiger charge is 2.44. The fraction of sp³-hybridized carbons (Fsp3) is 1.00. The second-order valence-electron chi connectivity index (χ2n) is 3.92. The molecule has 2 nitrogen and oxygen atoms in total. The number of hydrogen-bond acceptors (Lipinski definition) is 2. The summed E-state index contributed by atoms with van der Waals surface area (Å²) in [5.41, 5.74) is -0.759. The molecule has 0 aromatic rings. The molecule has 1 N–H and O–H groups in total. The SMILES string of the molecule is CC1(C)OCC[C@@](C)(O)[C@H]1I. The van der Waals surface area contributed by atoms with Gasteiger partial charge in [-0.2, -0.15) is 0 Å². The van der Waals surface area contributed by atoms with E-state index in [1.54, 1.807) is 0 Å². The molecule has 0 amide bonds. The Balaban J connectivity index is 2.76. The van der Waals surface area contributed by atoms with Crippen molar-refractivity contribution in [3.05, 3.63) is 0 Å². The van der Waals surface area contributed by atoms with Crippen molar-refractivity contribution in [1.82, 2.24) is 0 Å². The van der Waals surface area contributed by atoms with Crippen molar-refractivity contribution in [2.24, 2.45) is 0 Å². The first-order valence-corrected chi connectivity index (χ1v) is 5.11. The van der Waals surface area contributed by atoms with Gasteiger partial charge in [-0.15, -0.1) is 0 Å². The molecule has 0 saturated carbocycles. The molecule has 11 heavy (non-hydrogen) atoms. The number of hydrogen-bond donors (Lipinski definition) is 1. The number of halogens is 1. The van der Waals surface area contributed by atoms with Crippen LogP contribution in [0.2, 0.25) is 0 Å². The Kier molecular flexibility index (Phi) is 2.52. The molecule has 3 heteroatoms. The van der Waals surface area contributed by atoms with Crippen LogP contribution < -0.4 is 0 Å². The largest absolute Gasteiger partial charge is 0.389 e. The molecule has 0 aliphatic carbocycles. The lowest BCUT2D eigenvalue weighted by Crippen LogP contribution is -2.54. The molecule has 2 atom stereocenters. The van der Waals surface area contributed by atoms with Crippen molar-refractivity contribution < 1.29 is 9.84 Å². The maximum absolute atomic E-state index is 9.89. The van der Waals surface area contributed by atoms with E-state index in [0.29, 0.717) is 6.61 Å². The molecule has 0 aromatic carbocycles. The zero-order valence-corrected chi connectivity index (χ0v) is 9.38. The van der Waals surface area contributed by atoms with Crippen LogP contribution in [0, 0.1) is 0 Å². The summed E-state index contributed by atoms with van der Waals surface area (Å²) in [4.78, 5) is 0. The molecule has 1 saturated heterocycles. The van der Waals surface area contributed by atoms with Gasteiger partial charge in [-0.25, -0.2) is 0 Å². The van der Waals surface area contributed by atoms with Crippen molar-refractivity contribution in [3.63, 3.8) is 0 Å². The van der Waals surface area contributed by atoms with Gasteiger partial charge in [0.2, 0.25) is 0 Å². The molecule has 1 rings (SSSR count). The summed E-state index contributed by atoms with van der Waals surface area (Å²) in [6.07, 6.45) is 0.740. The van der Waals surface area contributed by atoms with Crippen LogP contribution in [-0.2, 0) is 4.74 Å². The van der Waals surface area contributed by atoms with E-state index in [1.807, 2.05) is 20.8 Å².